The summed E-state index contributed by atoms with van der Waals surface area (Å²) in [5, 5.41) is 0. The van der Waals surface area contributed by atoms with Gasteiger partial charge in [0.15, 0.2) is 0 Å². The van der Waals surface area contributed by atoms with Crippen molar-refractivity contribution >= 4 is 11.8 Å². The molecule has 0 aliphatic carbocycles. The van der Waals surface area contributed by atoms with Crippen LogP contribution in [0.15, 0.2) is 0 Å². The zero-order chi connectivity index (χ0) is 9.14. The van der Waals surface area contributed by atoms with Gasteiger partial charge in [0.25, 0.3) is 0 Å². The SMILES string of the molecule is CCS[C@@H]1OC[C@@H](C)[C@H](C)C1C. The second-order valence-electron chi connectivity index (χ2n) is 3.85. The van der Waals surface area contributed by atoms with Crippen LogP contribution in [0.25, 0.3) is 0 Å². The van der Waals surface area contributed by atoms with E-state index in [4.69, 9.17) is 4.74 Å². The summed E-state index contributed by atoms with van der Waals surface area (Å²) in [6.45, 7) is 10.1. The average Bonchev–Trinajstić information content (AvgIpc) is 2.07. The van der Waals surface area contributed by atoms with Gasteiger partial charge < -0.3 is 4.74 Å². The molecule has 0 N–H and O–H groups in total. The van der Waals surface area contributed by atoms with Crippen LogP contribution in [0.2, 0.25) is 0 Å². The van der Waals surface area contributed by atoms with E-state index in [1.54, 1.807) is 0 Å². The maximum Gasteiger partial charge on any atom is 0.106 e. The number of thioether (sulfide) groups is 1. The number of rotatable bonds is 2. The lowest BCUT2D eigenvalue weighted by molar-refractivity contribution is -0.0295. The normalized spacial score (nSPS) is 43.0. The minimum Gasteiger partial charge on any atom is -0.367 e. The Kier molecular flexibility index (Phi) is 3.91. The van der Waals surface area contributed by atoms with Gasteiger partial charge in [0.2, 0.25) is 0 Å². The summed E-state index contributed by atoms with van der Waals surface area (Å²) < 4.78 is 5.78. The highest BCUT2D eigenvalue weighted by atomic mass is 32.2. The van der Waals surface area contributed by atoms with Gasteiger partial charge in [-0.3, -0.25) is 0 Å². The molecular formula is C10H20OS. The van der Waals surface area contributed by atoms with Crippen molar-refractivity contribution in [2.75, 3.05) is 12.4 Å². The molecule has 1 rings (SSSR count). The Morgan fingerprint density at radius 1 is 1.25 bits per heavy atom. The third-order valence-electron chi connectivity index (χ3n) is 3.01. The molecule has 0 aromatic rings. The quantitative estimate of drug-likeness (QED) is 0.659. The lowest BCUT2D eigenvalue weighted by Gasteiger charge is -2.37. The molecule has 0 aromatic carbocycles. The Labute approximate surface area is 80.3 Å². The molecule has 0 bridgehead atoms. The fourth-order valence-corrected chi connectivity index (χ4v) is 2.74. The fraction of sp³-hybridized carbons (Fsp3) is 1.00. The maximum atomic E-state index is 5.78. The van der Waals surface area contributed by atoms with Crippen molar-refractivity contribution in [3.05, 3.63) is 0 Å². The molecule has 72 valence electrons. The summed E-state index contributed by atoms with van der Waals surface area (Å²) in [4.78, 5) is 0. The van der Waals surface area contributed by atoms with E-state index >= 15 is 0 Å². The van der Waals surface area contributed by atoms with E-state index in [-0.39, 0.29) is 0 Å². The zero-order valence-electron chi connectivity index (χ0n) is 8.54. The van der Waals surface area contributed by atoms with Crippen LogP contribution >= 0.6 is 11.8 Å². The molecule has 1 heterocycles. The van der Waals surface area contributed by atoms with Crippen LogP contribution in [-0.4, -0.2) is 17.8 Å². The van der Waals surface area contributed by atoms with Gasteiger partial charge in [0.05, 0.1) is 6.61 Å². The largest absolute Gasteiger partial charge is 0.367 e. The molecule has 0 amide bonds. The van der Waals surface area contributed by atoms with Crippen molar-refractivity contribution in [1.82, 2.24) is 0 Å². The highest BCUT2D eigenvalue weighted by molar-refractivity contribution is 7.99. The van der Waals surface area contributed by atoms with Gasteiger partial charge in [-0.05, 0) is 23.5 Å². The van der Waals surface area contributed by atoms with Gasteiger partial charge in [-0.1, -0.05) is 27.7 Å². The molecule has 1 aliphatic heterocycles. The van der Waals surface area contributed by atoms with Crippen LogP contribution in [0.3, 0.4) is 0 Å². The highest BCUT2D eigenvalue weighted by Crippen LogP contribution is 2.35. The van der Waals surface area contributed by atoms with Gasteiger partial charge >= 0.3 is 0 Å². The van der Waals surface area contributed by atoms with Crippen LogP contribution < -0.4 is 0 Å². The van der Waals surface area contributed by atoms with Crippen molar-refractivity contribution in [1.29, 1.82) is 0 Å². The second-order valence-corrected chi connectivity index (χ2v) is 5.23. The smallest absolute Gasteiger partial charge is 0.106 e. The van der Waals surface area contributed by atoms with Crippen molar-refractivity contribution in [2.45, 2.75) is 33.1 Å². The average molecular weight is 188 g/mol. The molecule has 1 aliphatic rings. The number of hydrogen-bond acceptors (Lipinski definition) is 2. The summed E-state index contributed by atoms with van der Waals surface area (Å²) >= 11 is 1.94. The third-order valence-corrected chi connectivity index (χ3v) is 4.24. The van der Waals surface area contributed by atoms with E-state index in [9.17, 15) is 0 Å². The molecule has 1 saturated heterocycles. The van der Waals surface area contributed by atoms with E-state index in [0.29, 0.717) is 11.4 Å². The Balaban J connectivity index is 2.46. The molecule has 4 atom stereocenters. The zero-order valence-corrected chi connectivity index (χ0v) is 9.36. The van der Waals surface area contributed by atoms with Crippen LogP contribution in [0.5, 0.6) is 0 Å². The fourth-order valence-electron chi connectivity index (χ4n) is 1.68. The molecule has 0 saturated carbocycles. The highest BCUT2D eigenvalue weighted by Gasteiger charge is 2.32. The first-order chi connectivity index (χ1) is 5.66. The summed E-state index contributed by atoms with van der Waals surface area (Å²) in [6.07, 6.45) is 0. The predicted molar refractivity (Wildman–Crippen MR) is 55.4 cm³/mol. The molecule has 1 nitrogen and oxygen atoms in total. The Morgan fingerprint density at radius 3 is 2.50 bits per heavy atom. The Bertz CT molecular complexity index is 138. The van der Waals surface area contributed by atoms with Crippen LogP contribution in [0.4, 0.5) is 0 Å². The van der Waals surface area contributed by atoms with Crippen molar-refractivity contribution in [3.8, 4) is 0 Å². The molecule has 2 heteroatoms. The maximum absolute atomic E-state index is 5.78. The van der Waals surface area contributed by atoms with E-state index < -0.39 is 0 Å². The Morgan fingerprint density at radius 2 is 1.92 bits per heavy atom. The summed E-state index contributed by atoms with van der Waals surface area (Å²) in [5.41, 5.74) is 0.446. The molecule has 0 aromatic heterocycles. The topological polar surface area (TPSA) is 9.23 Å². The summed E-state index contributed by atoms with van der Waals surface area (Å²) in [6, 6.07) is 0. The monoisotopic (exact) mass is 188 g/mol. The standard InChI is InChI=1S/C10H20OS/c1-5-12-10-9(4)8(3)7(2)6-11-10/h7-10H,5-6H2,1-4H3/t7-,8+,9?,10+/m1/s1. The first-order valence-electron chi connectivity index (χ1n) is 4.90. The first kappa shape index (κ1) is 10.4. The predicted octanol–water partition coefficient (Wildman–Crippen LogP) is 3.00. The van der Waals surface area contributed by atoms with E-state index in [1.807, 2.05) is 11.8 Å². The van der Waals surface area contributed by atoms with E-state index in [0.717, 1.165) is 24.2 Å². The lowest BCUT2D eigenvalue weighted by atomic mass is 9.84. The molecule has 1 unspecified atom stereocenters. The minimum atomic E-state index is 0.446. The van der Waals surface area contributed by atoms with Gasteiger partial charge in [-0.2, -0.15) is 0 Å². The van der Waals surface area contributed by atoms with E-state index in [1.165, 1.54) is 0 Å². The van der Waals surface area contributed by atoms with Crippen molar-refractivity contribution in [2.24, 2.45) is 17.8 Å². The van der Waals surface area contributed by atoms with Crippen molar-refractivity contribution < 1.29 is 4.74 Å². The molecule has 0 radical (unpaired) electrons. The molecule has 0 spiro atoms. The molecular weight excluding hydrogens is 168 g/mol. The van der Waals surface area contributed by atoms with Gasteiger partial charge in [0, 0.05) is 0 Å². The summed E-state index contributed by atoms with van der Waals surface area (Å²) in [7, 11) is 0. The van der Waals surface area contributed by atoms with Gasteiger partial charge in [-0.15, -0.1) is 11.8 Å². The minimum absolute atomic E-state index is 0.446. The lowest BCUT2D eigenvalue weighted by Crippen LogP contribution is -2.36. The molecule has 1 fully saturated rings. The van der Waals surface area contributed by atoms with Gasteiger partial charge in [0.1, 0.15) is 5.44 Å². The van der Waals surface area contributed by atoms with Crippen molar-refractivity contribution in [3.63, 3.8) is 0 Å². The van der Waals surface area contributed by atoms with Crippen LogP contribution in [-0.2, 0) is 4.74 Å². The van der Waals surface area contributed by atoms with Gasteiger partial charge in [-0.25, -0.2) is 0 Å². The number of hydrogen-bond donors (Lipinski definition) is 0. The first-order valence-corrected chi connectivity index (χ1v) is 5.94. The van der Waals surface area contributed by atoms with Crippen LogP contribution in [0.1, 0.15) is 27.7 Å². The summed E-state index contributed by atoms with van der Waals surface area (Å²) in [5.74, 6) is 3.41. The number of ether oxygens (including phenoxy) is 1. The third kappa shape index (κ3) is 2.17. The van der Waals surface area contributed by atoms with Crippen LogP contribution in [0, 0.1) is 17.8 Å². The Hall–Kier alpha value is 0.310. The second kappa shape index (κ2) is 4.52. The molecule has 12 heavy (non-hydrogen) atoms. The van der Waals surface area contributed by atoms with E-state index in [2.05, 4.69) is 27.7 Å².